The van der Waals surface area contributed by atoms with Crippen LogP contribution in [0.3, 0.4) is 0 Å². The molecule has 1 unspecified atom stereocenters. The van der Waals surface area contributed by atoms with E-state index in [4.69, 9.17) is 0 Å². The molecule has 1 saturated carbocycles. The molecular weight excluding hydrogens is 239 g/mol. The molecule has 1 heteroatoms. The zero-order valence-corrected chi connectivity index (χ0v) is 13.8. The molecule has 0 nitrogen and oxygen atoms in total. The minimum Gasteiger partial charge on any atom is -0.0803 e. The third-order valence-electron chi connectivity index (χ3n) is 5.77. The summed E-state index contributed by atoms with van der Waals surface area (Å²) in [4.78, 5) is 0. The van der Waals surface area contributed by atoms with E-state index < -0.39 is 0 Å². The van der Waals surface area contributed by atoms with Gasteiger partial charge in [0.25, 0.3) is 0 Å². The third kappa shape index (κ3) is 6.68. The SMILES string of the molecule is [B]1CCCCCCCC(C2CCCCCCCCC2)C1. The monoisotopic (exact) mass is 275 g/mol. The van der Waals surface area contributed by atoms with Crippen LogP contribution < -0.4 is 0 Å². The van der Waals surface area contributed by atoms with Crippen LogP contribution in [0.1, 0.15) is 96.3 Å². The smallest absolute Gasteiger partial charge is 0.0803 e. The van der Waals surface area contributed by atoms with Crippen LogP contribution in [0.4, 0.5) is 0 Å². The second kappa shape index (κ2) is 10.7. The summed E-state index contributed by atoms with van der Waals surface area (Å²) in [6.07, 6.45) is 25.4. The Labute approximate surface area is 128 Å². The largest absolute Gasteiger partial charge is 0.109 e. The lowest BCUT2D eigenvalue weighted by Gasteiger charge is -2.29. The van der Waals surface area contributed by atoms with Crippen LogP contribution in [0, 0.1) is 11.8 Å². The van der Waals surface area contributed by atoms with Crippen molar-refractivity contribution in [3.05, 3.63) is 0 Å². The quantitative estimate of drug-likeness (QED) is 0.470. The maximum atomic E-state index is 2.65. The van der Waals surface area contributed by atoms with Gasteiger partial charge in [0.05, 0.1) is 0 Å². The molecule has 0 bridgehead atoms. The van der Waals surface area contributed by atoms with Crippen molar-refractivity contribution in [3.63, 3.8) is 0 Å². The lowest BCUT2D eigenvalue weighted by Crippen LogP contribution is -2.18. The summed E-state index contributed by atoms with van der Waals surface area (Å²) in [6, 6.07) is 0. The van der Waals surface area contributed by atoms with Gasteiger partial charge in [-0.15, -0.1) is 0 Å². The Balaban J connectivity index is 1.81. The number of hydrogen-bond donors (Lipinski definition) is 0. The highest BCUT2D eigenvalue weighted by Crippen LogP contribution is 2.33. The first-order valence-corrected chi connectivity index (χ1v) is 9.78. The van der Waals surface area contributed by atoms with E-state index in [0.717, 1.165) is 11.8 Å². The average molecular weight is 275 g/mol. The van der Waals surface area contributed by atoms with E-state index in [1.807, 2.05) is 0 Å². The van der Waals surface area contributed by atoms with Crippen LogP contribution in [0.5, 0.6) is 0 Å². The van der Waals surface area contributed by atoms with Gasteiger partial charge in [0.2, 0.25) is 0 Å². The Morgan fingerprint density at radius 2 is 0.900 bits per heavy atom. The topological polar surface area (TPSA) is 0 Å². The van der Waals surface area contributed by atoms with Crippen LogP contribution in [-0.4, -0.2) is 7.28 Å². The molecule has 0 N–H and O–H groups in total. The maximum Gasteiger partial charge on any atom is 0.109 e. The van der Waals surface area contributed by atoms with Crippen LogP contribution in [-0.2, 0) is 0 Å². The molecule has 1 radical (unpaired) electrons. The van der Waals surface area contributed by atoms with Crippen LogP contribution in [0.2, 0.25) is 12.6 Å². The molecule has 1 aliphatic heterocycles. The van der Waals surface area contributed by atoms with E-state index in [1.165, 1.54) is 96.1 Å². The highest BCUT2D eigenvalue weighted by atomic mass is 14.2. The zero-order valence-electron chi connectivity index (χ0n) is 13.8. The van der Waals surface area contributed by atoms with E-state index in [1.54, 1.807) is 12.8 Å². The highest BCUT2D eigenvalue weighted by molar-refractivity contribution is 6.35. The van der Waals surface area contributed by atoms with Gasteiger partial charge in [-0.05, 0) is 11.8 Å². The predicted molar refractivity (Wildman–Crippen MR) is 91.6 cm³/mol. The van der Waals surface area contributed by atoms with Gasteiger partial charge in [0.15, 0.2) is 0 Å². The van der Waals surface area contributed by atoms with E-state index in [-0.39, 0.29) is 0 Å². The summed E-state index contributed by atoms with van der Waals surface area (Å²) < 4.78 is 0. The molecule has 2 rings (SSSR count). The van der Waals surface area contributed by atoms with Crippen LogP contribution in [0.25, 0.3) is 0 Å². The normalized spacial score (nSPS) is 29.3. The van der Waals surface area contributed by atoms with Crippen molar-refractivity contribution in [2.24, 2.45) is 11.8 Å². The van der Waals surface area contributed by atoms with E-state index in [0.29, 0.717) is 0 Å². The molecule has 0 amide bonds. The Bertz CT molecular complexity index is 182. The zero-order chi connectivity index (χ0) is 13.9. The van der Waals surface area contributed by atoms with Gasteiger partial charge in [-0.1, -0.05) is 109 Å². The third-order valence-corrected chi connectivity index (χ3v) is 5.77. The predicted octanol–water partition coefficient (Wildman–Crippen LogP) is 6.64. The second-order valence-corrected chi connectivity index (χ2v) is 7.44. The molecule has 0 spiro atoms. The first-order chi connectivity index (χ1) is 9.97. The summed E-state index contributed by atoms with van der Waals surface area (Å²) >= 11 is 0. The van der Waals surface area contributed by atoms with Crippen molar-refractivity contribution in [1.82, 2.24) is 0 Å². The number of hydrogen-bond acceptors (Lipinski definition) is 0. The Morgan fingerprint density at radius 3 is 1.50 bits per heavy atom. The van der Waals surface area contributed by atoms with Crippen molar-refractivity contribution >= 4 is 7.28 Å². The van der Waals surface area contributed by atoms with Crippen LogP contribution >= 0.6 is 0 Å². The fraction of sp³-hybridized carbons (Fsp3) is 1.00. The molecule has 1 aliphatic carbocycles. The Morgan fingerprint density at radius 1 is 0.450 bits per heavy atom. The van der Waals surface area contributed by atoms with Gasteiger partial charge < -0.3 is 0 Å². The summed E-state index contributed by atoms with van der Waals surface area (Å²) in [6.45, 7) is 0. The highest BCUT2D eigenvalue weighted by Gasteiger charge is 2.21. The molecule has 20 heavy (non-hydrogen) atoms. The van der Waals surface area contributed by atoms with Gasteiger partial charge in [-0.3, -0.25) is 0 Å². The molecule has 2 fully saturated rings. The van der Waals surface area contributed by atoms with Crippen molar-refractivity contribution in [2.45, 2.75) is 109 Å². The fourth-order valence-corrected chi connectivity index (χ4v) is 4.42. The molecule has 2 aliphatic rings. The maximum absolute atomic E-state index is 2.65. The van der Waals surface area contributed by atoms with Gasteiger partial charge in [-0.2, -0.15) is 0 Å². The minimum absolute atomic E-state index is 1.03. The van der Waals surface area contributed by atoms with Crippen molar-refractivity contribution in [1.29, 1.82) is 0 Å². The molecular formula is C19H36B. The molecule has 1 heterocycles. The van der Waals surface area contributed by atoms with Crippen molar-refractivity contribution < 1.29 is 0 Å². The van der Waals surface area contributed by atoms with E-state index in [2.05, 4.69) is 7.28 Å². The summed E-state index contributed by atoms with van der Waals surface area (Å²) in [5, 5.41) is 0. The molecule has 0 aromatic carbocycles. The first kappa shape index (κ1) is 16.4. The van der Waals surface area contributed by atoms with Gasteiger partial charge in [-0.25, -0.2) is 0 Å². The molecule has 115 valence electrons. The molecule has 0 aromatic heterocycles. The Kier molecular flexibility index (Phi) is 8.83. The fourth-order valence-electron chi connectivity index (χ4n) is 4.42. The first-order valence-electron chi connectivity index (χ1n) is 9.78. The van der Waals surface area contributed by atoms with Crippen molar-refractivity contribution in [3.8, 4) is 0 Å². The standard InChI is InChI=1S/C19H36B/c1-2-5-9-13-18(14-10-6-3-1)19-15-11-7-4-8-12-16-20-17-19/h18-19H,1-17H2. The van der Waals surface area contributed by atoms with Gasteiger partial charge >= 0.3 is 0 Å². The lowest BCUT2D eigenvalue weighted by atomic mass is 9.61. The molecule has 1 saturated heterocycles. The molecule has 1 atom stereocenters. The van der Waals surface area contributed by atoms with Gasteiger partial charge in [0, 0.05) is 0 Å². The Hall–Kier alpha value is 0.0649. The van der Waals surface area contributed by atoms with Crippen LogP contribution in [0.15, 0.2) is 0 Å². The summed E-state index contributed by atoms with van der Waals surface area (Å²) in [7, 11) is 2.65. The summed E-state index contributed by atoms with van der Waals surface area (Å²) in [5.74, 6) is 2.09. The average Bonchev–Trinajstić information content (AvgIpc) is 2.50. The number of rotatable bonds is 1. The van der Waals surface area contributed by atoms with Crippen molar-refractivity contribution in [2.75, 3.05) is 0 Å². The minimum atomic E-state index is 1.03. The summed E-state index contributed by atoms with van der Waals surface area (Å²) in [5.41, 5.74) is 0. The van der Waals surface area contributed by atoms with E-state index in [9.17, 15) is 0 Å². The van der Waals surface area contributed by atoms with Gasteiger partial charge in [0.1, 0.15) is 7.28 Å². The lowest BCUT2D eigenvalue weighted by molar-refractivity contribution is 0.268. The molecule has 0 aromatic rings. The van der Waals surface area contributed by atoms with E-state index >= 15 is 0 Å². The second-order valence-electron chi connectivity index (χ2n) is 7.44.